The summed E-state index contributed by atoms with van der Waals surface area (Å²) < 4.78 is 0. The molecule has 0 amide bonds. The van der Waals surface area contributed by atoms with Gasteiger partial charge in [-0.1, -0.05) is 33.1 Å². The van der Waals surface area contributed by atoms with E-state index in [1.54, 1.807) is 0 Å². The number of nitrogens with zero attached hydrogens (tertiary/aromatic N) is 1. The van der Waals surface area contributed by atoms with E-state index in [1.807, 2.05) is 0 Å². The Bertz CT molecular complexity index is 113. The highest BCUT2D eigenvalue weighted by Gasteiger charge is 2.18. The van der Waals surface area contributed by atoms with E-state index >= 15 is 0 Å². The normalized spacial score (nSPS) is 12.5. The predicted molar refractivity (Wildman–Crippen MR) is 61.1 cm³/mol. The molecule has 1 heteroatoms. The minimum absolute atomic E-state index is 0.348. The Morgan fingerprint density at radius 2 is 1.54 bits per heavy atom. The molecule has 0 aliphatic carbocycles. The number of rotatable bonds is 6. The van der Waals surface area contributed by atoms with Crippen LogP contribution < -0.4 is 0 Å². The van der Waals surface area contributed by atoms with Crippen LogP contribution >= 0.6 is 0 Å². The molecule has 0 saturated carbocycles. The highest BCUT2D eigenvalue weighted by molar-refractivity contribution is 4.74. The Morgan fingerprint density at radius 1 is 0.923 bits per heavy atom. The molecule has 0 rings (SSSR count). The first kappa shape index (κ1) is 13.0. The molecule has 0 unspecified atom stereocenters. The Kier molecular flexibility index (Phi) is 6.40. The molecule has 0 heterocycles. The van der Waals surface area contributed by atoms with E-state index in [9.17, 15) is 0 Å². The van der Waals surface area contributed by atoms with Crippen molar-refractivity contribution >= 4 is 0 Å². The molecule has 0 saturated heterocycles. The van der Waals surface area contributed by atoms with Gasteiger partial charge in [0.15, 0.2) is 0 Å². The lowest BCUT2D eigenvalue weighted by Gasteiger charge is -2.34. The van der Waals surface area contributed by atoms with Crippen LogP contribution in [0.5, 0.6) is 0 Å². The minimum atomic E-state index is 0.348. The Balaban J connectivity index is 3.61. The zero-order valence-corrected chi connectivity index (χ0v) is 10.2. The van der Waals surface area contributed by atoms with E-state index in [0.717, 1.165) is 0 Å². The van der Waals surface area contributed by atoms with Gasteiger partial charge in [0.05, 0.1) is 0 Å². The van der Waals surface area contributed by atoms with Gasteiger partial charge in [0.1, 0.15) is 0 Å². The SMILES string of the molecule is CCCCCCN(CC)C(C)(C)C. The topological polar surface area (TPSA) is 3.24 Å². The first-order chi connectivity index (χ1) is 6.02. The maximum atomic E-state index is 2.56. The van der Waals surface area contributed by atoms with Crippen LogP contribution in [-0.2, 0) is 0 Å². The molecular weight excluding hydrogens is 158 g/mol. The lowest BCUT2D eigenvalue weighted by atomic mass is 10.1. The van der Waals surface area contributed by atoms with Gasteiger partial charge in [-0.3, -0.25) is 4.90 Å². The van der Waals surface area contributed by atoms with E-state index in [1.165, 1.54) is 38.8 Å². The molecule has 0 radical (unpaired) electrons. The van der Waals surface area contributed by atoms with Crippen LogP contribution in [0.1, 0.15) is 60.3 Å². The summed E-state index contributed by atoms with van der Waals surface area (Å²) in [4.78, 5) is 2.56. The monoisotopic (exact) mass is 185 g/mol. The second kappa shape index (κ2) is 6.42. The molecule has 0 atom stereocenters. The smallest absolute Gasteiger partial charge is 0.0124 e. The third-order valence-electron chi connectivity index (χ3n) is 2.61. The van der Waals surface area contributed by atoms with Crippen LogP contribution in [-0.4, -0.2) is 23.5 Å². The van der Waals surface area contributed by atoms with Crippen LogP contribution in [0, 0.1) is 0 Å². The Hall–Kier alpha value is -0.0400. The quantitative estimate of drug-likeness (QED) is 0.570. The first-order valence-corrected chi connectivity index (χ1v) is 5.77. The summed E-state index contributed by atoms with van der Waals surface area (Å²) in [7, 11) is 0. The van der Waals surface area contributed by atoms with Crippen LogP contribution in [0.2, 0.25) is 0 Å². The van der Waals surface area contributed by atoms with Crippen molar-refractivity contribution in [1.82, 2.24) is 4.90 Å². The van der Waals surface area contributed by atoms with Gasteiger partial charge >= 0.3 is 0 Å². The van der Waals surface area contributed by atoms with Crippen LogP contribution in [0.4, 0.5) is 0 Å². The van der Waals surface area contributed by atoms with Crippen molar-refractivity contribution in [2.75, 3.05) is 13.1 Å². The number of unbranched alkanes of at least 4 members (excludes halogenated alkanes) is 3. The molecule has 80 valence electrons. The molecule has 0 aliphatic heterocycles. The van der Waals surface area contributed by atoms with Crippen LogP contribution in [0.3, 0.4) is 0 Å². The van der Waals surface area contributed by atoms with Crippen molar-refractivity contribution in [3.63, 3.8) is 0 Å². The molecule has 13 heavy (non-hydrogen) atoms. The fourth-order valence-electron chi connectivity index (χ4n) is 1.70. The van der Waals surface area contributed by atoms with Crippen molar-refractivity contribution in [2.24, 2.45) is 0 Å². The summed E-state index contributed by atoms with van der Waals surface area (Å²) in [6.07, 6.45) is 5.48. The van der Waals surface area contributed by atoms with E-state index in [0.29, 0.717) is 5.54 Å². The summed E-state index contributed by atoms with van der Waals surface area (Å²) in [6.45, 7) is 13.9. The lowest BCUT2D eigenvalue weighted by Crippen LogP contribution is -2.41. The van der Waals surface area contributed by atoms with Gasteiger partial charge in [-0.2, -0.15) is 0 Å². The van der Waals surface area contributed by atoms with Crippen molar-refractivity contribution in [3.05, 3.63) is 0 Å². The minimum Gasteiger partial charge on any atom is -0.299 e. The lowest BCUT2D eigenvalue weighted by molar-refractivity contribution is 0.142. The molecule has 0 aliphatic rings. The molecule has 0 fully saturated rings. The maximum Gasteiger partial charge on any atom is 0.0124 e. The first-order valence-electron chi connectivity index (χ1n) is 5.77. The fourth-order valence-corrected chi connectivity index (χ4v) is 1.70. The van der Waals surface area contributed by atoms with E-state index < -0.39 is 0 Å². The van der Waals surface area contributed by atoms with Crippen LogP contribution in [0.15, 0.2) is 0 Å². The largest absolute Gasteiger partial charge is 0.299 e. The highest BCUT2D eigenvalue weighted by Crippen LogP contribution is 2.13. The third-order valence-corrected chi connectivity index (χ3v) is 2.61. The molecule has 0 bridgehead atoms. The van der Waals surface area contributed by atoms with Gasteiger partial charge in [0.25, 0.3) is 0 Å². The Morgan fingerprint density at radius 3 is 1.92 bits per heavy atom. The summed E-state index contributed by atoms with van der Waals surface area (Å²) in [6, 6.07) is 0. The van der Waals surface area contributed by atoms with E-state index in [4.69, 9.17) is 0 Å². The van der Waals surface area contributed by atoms with Gasteiger partial charge in [-0.05, 0) is 40.3 Å². The Labute approximate surface area is 84.5 Å². The molecule has 0 N–H and O–H groups in total. The van der Waals surface area contributed by atoms with Crippen molar-refractivity contribution < 1.29 is 0 Å². The molecule has 0 spiro atoms. The van der Waals surface area contributed by atoms with Gasteiger partial charge in [0, 0.05) is 5.54 Å². The second-order valence-electron chi connectivity index (χ2n) is 4.81. The van der Waals surface area contributed by atoms with Crippen molar-refractivity contribution in [1.29, 1.82) is 0 Å². The maximum absolute atomic E-state index is 2.56. The summed E-state index contributed by atoms with van der Waals surface area (Å²) in [5, 5.41) is 0. The zero-order valence-electron chi connectivity index (χ0n) is 10.2. The zero-order chi connectivity index (χ0) is 10.3. The van der Waals surface area contributed by atoms with Gasteiger partial charge in [-0.15, -0.1) is 0 Å². The molecule has 1 nitrogen and oxygen atoms in total. The summed E-state index contributed by atoms with van der Waals surface area (Å²) in [5.41, 5.74) is 0.348. The average Bonchev–Trinajstić information content (AvgIpc) is 2.02. The van der Waals surface area contributed by atoms with Gasteiger partial charge < -0.3 is 0 Å². The second-order valence-corrected chi connectivity index (χ2v) is 4.81. The van der Waals surface area contributed by atoms with Crippen molar-refractivity contribution in [2.45, 2.75) is 65.8 Å². The molecular formula is C12H27N. The summed E-state index contributed by atoms with van der Waals surface area (Å²) >= 11 is 0. The van der Waals surface area contributed by atoms with Gasteiger partial charge in [0.2, 0.25) is 0 Å². The van der Waals surface area contributed by atoms with E-state index in [2.05, 4.69) is 39.5 Å². The summed E-state index contributed by atoms with van der Waals surface area (Å²) in [5.74, 6) is 0. The third kappa shape index (κ3) is 6.09. The molecule has 0 aromatic rings. The molecule has 0 aromatic carbocycles. The van der Waals surface area contributed by atoms with Crippen molar-refractivity contribution in [3.8, 4) is 0 Å². The number of hydrogen-bond donors (Lipinski definition) is 0. The predicted octanol–water partition coefficient (Wildman–Crippen LogP) is 3.69. The van der Waals surface area contributed by atoms with Crippen LogP contribution in [0.25, 0.3) is 0 Å². The molecule has 0 aromatic heterocycles. The standard InChI is InChI=1S/C12H27N/c1-6-8-9-10-11-13(7-2)12(3,4)5/h6-11H2,1-5H3. The average molecular weight is 185 g/mol. The fraction of sp³-hybridized carbons (Fsp3) is 1.00. The van der Waals surface area contributed by atoms with E-state index in [-0.39, 0.29) is 0 Å². The number of hydrogen-bond acceptors (Lipinski definition) is 1. The highest BCUT2D eigenvalue weighted by atomic mass is 15.2. The van der Waals surface area contributed by atoms with Gasteiger partial charge in [-0.25, -0.2) is 0 Å².